The smallest absolute Gasteiger partial charge is 0.178 e. The molecule has 148 valence electrons. The molecule has 0 aliphatic heterocycles. The summed E-state index contributed by atoms with van der Waals surface area (Å²) in [5.41, 5.74) is 0.464. The SMILES string of the molecule is CCC(=O)[C@@]1(C)[C@H](C)C[C@H]2[C@@H]3CCC4=CC(=O)C=C[C@]4(C)[C@@H]3[C@@H](O)C[C@@]21C. The van der Waals surface area contributed by atoms with Crippen molar-refractivity contribution in [3.63, 3.8) is 0 Å². The molecule has 8 atom stereocenters. The van der Waals surface area contributed by atoms with E-state index in [-0.39, 0.29) is 27.9 Å². The first-order chi connectivity index (χ1) is 12.6. The first kappa shape index (κ1) is 19.1. The normalized spacial score (nSPS) is 51.3. The number of rotatable bonds is 2. The Labute approximate surface area is 163 Å². The van der Waals surface area contributed by atoms with Crippen LogP contribution in [0, 0.1) is 39.9 Å². The average molecular weight is 371 g/mol. The van der Waals surface area contributed by atoms with Gasteiger partial charge in [0.2, 0.25) is 0 Å². The zero-order valence-electron chi connectivity index (χ0n) is 17.4. The predicted molar refractivity (Wildman–Crippen MR) is 106 cm³/mol. The molecule has 0 spiro atoms. The van der Waals surface area contributed by atoms with Gasteiger partial charge in [-0.25, -0.2) is 0 Å². The Bertz CT molecular complexity index is 749. The van der Waals surface area contributed by atoms with Gasteiger partial charge in [0.25, 0.3) is 0 Å². The fraction of sp³-hybridized carbons (Fsp3) is 0.750. The minimum absolute atomic E-state index is 0.0756. The highest BCUT2D eigenvalue weighted by Gasteiger charge is 2.68. The summed E-state index contributed by atoms with van der Waals surface area (Å²) in [7, 11) is 0. The highest BCUT2D eigenvalue weighted by atomic mass is 16.3. The molecule has 3 heteroatoms. The maximum atomic E-state index is 13.1. The Morgan fingerprint density at radius 2 is 2.00 bits per heavy atom. The third-order valence-electron chi connectivity index (χ3n) is 9.57. The molecule has 0 radical (unpaired) electrons. The summed E-state index contributed by atoms with van der Waals surface area (Å²) in [5.74, 6) is 1.80. The van der Waals surface area contributed by atoms with Crippen LogP contribution in [-0.2, 0) is 9.59 Å². The number of aliphatic hydroxyl groups excluding tert-OH is 1. The Balaban J connectivity index is 1.78. The Morgan fingerprint density at radius 1 is 1.30 bits per heavy atom. The molecular formula is C24H34O3. The van der Waals surface area contributed by atoms with Crippen LogP contribution in [0.5, 0.6) is 0 Å². The van der Waals surface area contributed by atoms with Gasteiger partial charge in [0.15, 0.2) is 5.78 Å². The zero-order chi connectivity index (χ0) is 19.8. The van der Waals surface area contributed by atoms with Gasteiger partial charge in [-0.2, -0.15) is 0 Å². The van der Waals surface area contributed by atoms with E-state index in [0.29, 0.717) is 36.4 Å². The van der Waals surface area contributed by atoms with E-state index in [4.69, 9.17) is 0 Å². The van der Waals surface area contributed by atoms with Crippen LogP contribution in [0.3, 0.4) is 0 Å². The number of carbonyl (C=O) groups excluding carboxylic acids is 2. The maximum Gasteiger partial charge on any atom is 0.178 e. The van der Waals surface area contributed by atoms with Crippen molar-refractivity contribution in [3.8, 4) is 0 Å². The van der Waals surface area contributed by atoms with Gasteiger partial charge in [-0.15, -0.1) is 0 Å². The lowest BCUT2D eigenvalue weighted by molar-refractivity contribution is -0.155. The van der Waals surface area contributed by atoms with Crippen molar-refractivity contribution >= 4 is 11.6 Å². The van der Waals surface area contributed by atoms with E-state index in [2.05, 4.69) is 33.8 Å². The Kier molecular flexibility index (Phi) is 4.17. The summed E-state index contributed by atoms with van der Waals surface area (Å²) >= 11 is 0. The van der Waals surface area contributed by atoms with Crippen molar-refractivity contribution in [2.45, 2.75) is 72.8 Å². The molecule has 27 heavy (non-hydrogen) atoms. The fourth-order valence-corrected chi connectivity index (χ4v) is 7.84. The second kappa shape index (κ2) is 5.89. The van der Waals surface area contributed by atoms with Crippen LogP contribution in [0.2, 0.25) is 0 Å². The molecule has 0 heterocycles. The molecule has 0 bridgehead atoms. The van der Waals surface area contributed by atoms with E-state index < -0.39 is 6.10 Å². The molecular weight excluding hydrogens is 336 g/mol. The molecule has 4 aliphatic rings. The van der Waals surface area contributed by atoms with Gasteiger partial charge in [-0.05, 0) is 61.0 Å². The van der Waals surface area contributed by atoms with E-state index in [1.807, 2.05) is 6.92 Å². The molecule has 4 rings (SSSR count). The van der Waals surface area contributed by atoms with Crippen LogP contribution in [0.4, 0.5) is 0 Å². The average Bonchev–Trinajstić information content (AvgIpc) is 2.82. The number of hydrogen-bond acceptors (Lipinski definition) is 3. The quantitative estimate of drug-likeness (QED) is 0.779. The van der Waals surface area contributed by atoms with Crippen LogP contribution in [0.1, 0.15) is 66.7 Å². The van der Waals surface area contributed by atoms with Crippen LogP contribution in [0.25, 0.3) is 0 Å². The lowest BCUT2D eigenvalue weighted by atomic mass is 9.44. The van der Waals surface area contributed by atoms with Gasteiger partial charge >= 0.3 is 0 Å². The summed E-state index contributed by atoms with van der Waals surface area (Å²) in [6, 6.07) is 0. The molecule has 3 saturated carbocycles. The number of allylic oxidation sites excluding steroid dienone is 4. The number of hydrogen-bond donors (Lipinski definition) is 1. The van der Waals surface area contributed by atoms with Gasteiger partial charge < -0.3 is 5.11 Å². The molecule has 0 aromatic rings. The first-order valence-corrected chi connectivity index (χ1v) is 10.7. The van der Waals surface area contributed by atoms with Crippen LogP contribution in [0.15, 0.2) is 23.8 Å². The van der Waals surface area contributed by atoms with E-state index in [1.165, 1.54) is 5.57 Å². The van der Waals surface area contributed by atoms with Crippen molar-refractivity contribution in [1.29, 1.82) is 0 Å². The standard InChI is InChI=1S/C24H34O3/c1-6-20(27)24(5)14(2)11-18-17-8-7-15-12-16(25)9-10-22(15,3)21(17)19(26)13-23(18,24)4/h9-10,12,14,17-19,21,26H,6-8,11,13H2,1-5H3/t14-,17+,18+,19+,21+,22+,23+,24-/m1/s1. The molecule has 4 aliphatic carbocycles. The third-order valence-corrected chi connectivity index (χ3v) is 9.57. The van der Waals surface area contributed by atoms with Gasteiger partial charge in [0, 0.05) is 23.2 Å². The zero-order valence-corrected chi connectivity index (χ0v) is 17.4. The first-order valence-electron chi connectivity index (χ1n) is 10.7. The number of Topliss-reactive ketones (excluding diaryl/α,β-unsaturated/α-hetero) is 1. The largest absolute Gasteiger partial charge is 0.393 e. The Morgan fingerprint density at radius 3 is 2.67 bits per heavy atom. The molecule has 3 nitrogen and oxygen atoms in total. The van der Waals surface area contributed by atoms with E-state index in [9.17, 15) is 14.7 Å². The highest BCUT2D eigenvalue weighted by Crippen LogP contribution is 2.71. The monoisotopic (exact) mass is 370 g/mol. The van der Waals surface area contributed by atoms with Crippen molar-refractivity contribution in [1.82, 2.24) is 0 Å². The maximum absolute atomic E-state index is 13.1. The topological polar surface area (TPSA) is 54.4 Å². The van der Waals surface area contributed by atoms with E-state index >= 15 is 0 Å². The van der Waals surface area contributed by atoms with Crippen molar-refractivity contribution in [2.75, 3.05) is 0 Å². The summed E-state index contributed by atoms with van der Waals surface area (Å²) in [6.45, 7) is 10.9. The summed E-state index contributed by atoms with van der Waals surface area (Å²) in [4.78, 5) is 25.0. The van der Waals surface area contributed by atoms with Gasteiger partial charge in [0.1, 0.15) is 5.78 Å². The molecule has 3 fully saturated rings. The lowest BCUT2D eigenvalue weighted by Crippen LogP contribution is -2.58. The van der Waals surface area contributed by atoms with Gasteiger partial charge in [-0.3, -0.25) is 9.59 Å². The summed E-state index contributed by atoms with van der Waals surface area (Å²) in [5, 5.41) is 11.4. The summed E-state index contributed by atoms with van der Waals surface area (Å²) in [6.07, 6.45) is 9.41. The second-order valence-electron chi connectivity index (χ2n) is 10.3. The number of ketones is 2. The number of fused-ring (bicyclic) bond motifs is 5. The predicted octanol–water partition coefficient (Wildman–Crippen LogP) is 4.50. The summed E-state index contributed by atoms with van der Waals surface area (Å²) < 4.78 is 0. The van der Waals surface area contributed by atoms with Crippen molar-refractivity contribution in [3.05, 3.63) is 23.8 Å². The van der Waals surface area contributed by atoms with Gasteiger partial charge in [0.05, 0.1) is 6.10 Å². The molecule has 0 aromatic carbocycles. The number of aliphatic hydroxyl groups is 1. The minimum atomic E-state index is -0.433. The molecule has 1 N–H and O–H groups in total. The third kappa shape index (κ3) is 2.24. The Hall–Kier alpha value is -1.22. The minimum Gasteiger partial charge on any atom is -0.393 e. The second-order valence-corrected chi connectivity index (χ2v) is 10.3. The van der Waals surface area contributed by atoms with Crippen molar-refractivity contribution in [2.24, 2.45) is 39.9 Å². The highest BCUT2D eigenvalue weighted by molar-refractivity contribution is 6.01. The molecule has 0 saturated heterocycles. The molecule has 0 unspecified atom stereocenters. The van der Waals surface area contributed by atoms with Gasteiger partial charge in [-0.1, -0.05) is 46.3 Å². The number of carbonyl (C=O) groups is 2. The fourth-order valence-electron chi connectivity index (χ4n) is 7.84. The molecule has 0 amide bonds. The van der Waals surface area contributed by atoms with E-state index in [0.717, 1.165) is 19.3 Å². The van der Waals surface area contributed by atoms with Crippen molar-refractivity contribution < 1.29 is 14.7 Å². The van der Waals surface area contributed by atoms with Crippen LogP contribution >= 0.6 is 0 Å². The lowest BCUT2D eigenvalue weighted by Gasteiger charge is -2.60. The van der Waals surface area contributed by atoms with Crippen LogP contribution < -0.4 is 0 Å². The van der Waals surface area contributed by atoms with Crippen LogP contribution in [-0.4, -0.2) is 22.8 Å². The molecule has 0 aromatic heterocycles. The van der Waals surface area contributed by atoms with E-state index in [1.54, 1.807) is 12.2 Å².